The summed E-state index contributed by atoms with van der Waals surface area (Å²) in [6, 6.07) is 13.8. The molecule has 3 aromatic rings. The SMILES string of the molecule is CCOc1ccc2nc(N(CCN(CC)CC)C(=O)c3cccc(SCC)c3)sc2c1. The maximum absolute atomic E-state index is 13.6. The van der Waals surface area contributed by atoms with E-state index >= 15 is 0 Å². The predicted molar refractivity (Wildman–Crippen MR) is 133 cm³/mol. The van der Waals surface area contributed by atoms with Crippen molar-refractivity contribution in [1.82, 2.24) is 9.88 Å². The third-order valence-corrected chi connectivity index (χ3v) is 6.98. The summed E-state index contributed by atoms with van der Waals surface area (Å²) >= 11 is 3.28. The zero-order valence-electron chi connectivity index (χ0n) is 18.8. The van der Waals surface area contributed by atoms with E-state index in [0.717, 1.165) is 51.4 Å². The average molecular weight is 458 g/mol. The van der Waals surface area contributed by atoms with Crippen LogP contribution in [0.4, 0.5) is 5.13 Å². The molecule has 7 heteroatoms. The first-order chi connectivity index (χ1) is 15.1. The number of benzene rings is 2. The third-order valence-electron chi connectivity index (χ3n) is 5.06. The molecule has 0 aliphatic heterocycles. The maximum atomic E-state index is 13.6. The number of amides is 1. The van der Waals surface area contributed by atoms with Crippen LogP contribution >= 0.6 is 23.1 Å². The molecular formula is C24H31N3O2S2. The lowest BCUT2D eigenvalue weighted by Gasteiger charge is -2.25. The first kappa shape index (κ1) is 23.6. The first-order valence-corrected chi connectivity index (χ1v) is 12.7. The highest BCUT2D eigenvalue weighted by molar-refractivity contribution is 7.99. The van der Waals surface area contributed by atoms with Gasteiger partial charge in [0.25, 0.3) is 5.91 Å². The van der Waals surface area contributed by atoms with Crippen molar-refractivity contribution >= 4 is 44.4 Å². The van der Waals surface area contributed by atoms with E-state index in [0.29, 0.717) is 18.7 Å². The lowest BCUT2D eigenvalue weighted by molar-refractivity contribution is 0.0983. The Balaban J connectivity index is 1.94. The second-order valence-electron chi connectivity index (χ2n) is 7.00. The monoisotopic (exact) mass is 457 g/mol. The van der Waals surface area contributed by atoms with Crippen molar-refractivity contribution < 1.29 is 9.53 Å². The number of likely N-dealkylation sites (N-methyl/N-ethyl adjacent to an activating group) is 1. The van der Waals surface area contributed by atoms with Crippen LogP contribution in [0.15, 0.2) is 47.4 Å². The molecule has 5 nitrogen and oxygen atoms in total. The summed E-state index contributed by atoms with van der Waals surface area (Å²) < 4.78 is 6.66. The average Bonchev–Trinajstić information content (AvgIpc) is 3.20. The van der Waals surface area contributed by atoms with Crippen molar-refractivity contribution in [3.63, 3.8) is 0 Å². The van der Waals surface area contributed by atoms with E-state index in [-0.39, 0.29) is 5.91 Å². The number of thiazole rings is 1. The van der Waals surface area contributed by atoms with E-state index in [1.165, 1.54) is 11.3 Å². The van der Waals surface area contributed by atoms with Gasteiger partial charge in [-0.1, -0.05) is 38.2 Å². The normalized spacial score (nSPS) is 11.3. The van der Waals surface area contributed by atoms with Gasteiger partial charge in [-0.2, -0.15) is 0 Å². The molecule has 1 aromatic heterocycles. The number of anilines is 1. The Bertz CT molecular complexity index is 1000. The Morgan fingerprint density at radius 2 is 1.87 bits per heavy atom. The molecule has 166 valence electrons. The van der Waals surface area contributed by atoms with Gasteiger partial charge in [-0.05, 0) is 62.2 Å². The van der Waals surface area contributed by atoms with Crippen LogP contribution in [0.1, 0.15) is 38.1 Å². The van der Waals surface area contributed by atoms with Crippen LogP contribution in [0.25, 0.3) is 10.2 Å². The topological polar surface area (TPSA) is 45.7 Å². The Morgan fingerprint density at radius 3 is 2.58 bits per heavy atom. The van der Waals surface area contributed by atoms with E-state index in [1.54, 1.807) is 11.8 Å². The minimum Gasteiger partial charge on any atom is -0.494 e. The molecule has 0 spiro atoms. The van der Waals surface area contributed by atoms with Crippen molar-refractivity contribution in [2.45, 2.75) is 32.6 Å². The minimum atomic E-state index is -0.00482. The van der Waals surface area contributed by atoms with Crippen molar-refractivity contribution in [2.24, 2.45) is 0 Å². The van der Waals surface area contributed by atoms with Gasteiger partial charge < -0.3 is 9.64 Å². The van der Waals surface area contributed by atoms with Crippen LogP contribution in [0.3, 0.4) is 0 Å². The smallest absolute Gasteiger partial charge is 0.260 e. The number of carbonyl (C=O) groups excluding carboxylic acids is 1. The van der Waals surface area contributed by atoms with Crippen LogP contribution in [-0.4, -0.2) is 54.3 Å². The van der Waals surface area contributed by atoms with Crippen molar-refractivity contribution in [3.8, 4) is 5.75 Å². The summed E-state index contributed by atoms with van der Waals surface area (Å²) in [4.78, 5) is 23.6. The number of thioether (sulfide) groups is 1. The van der Waals surface area contributed by atoms with E-state index < -0.39 is 0 Å². The Labute approximate surface area is 193 Å². The summed E-state index contributed by atoms with van der Waals surface area (Å²) in [6.45, 7) is 12.3. The van der Waals surface area contributed by atoms with Gasteiger partial charge in [0, 0.05) is 23.5 Å². The molecule has 0 aliphatic carbocycles. The summed E-state index contributed by atoms with van der Waals surface area (Å²) in [5, 5.41) is 0.731. The lowest BCUT2D eigenvalue weighted by atomic mass is 10.2. The van der Waals surface area contributed by atoms with Crippen molar-refractivity contribution in [3.05, 3.63) is 48.0 Å². The van der Waals surface area contributed by atoms with Crippen LogP contribution in [0.5, 0.6) is 5.75 Å². The zero-order valence-corrected chi connectivity index (χ0v) is 20.4. The van der Waals surface area contributed by atoms with Gasteiger partial charge in [0.1, 0.15) is 5.75 Å². The molecule has 0 fully saturated rings. The molecule has 3 rings (SSSR count). The predicted octanol–water partition coefficient (Wildman–Crippen LogP) is 5.80. The Morgan fingerprint density at radius 1 is 1.06 bits per heavy atom. The van der Waals surface area contributed by atoms with Gasteiger partial charge in [0.05, 0.1) is 16.8 Å². The molecule has 0 N–H and O–H groups in total. The second kappa shape index (κ2) is 11.5. The van der Waals surface area contributed by atoms with Gasteiger partial charge in [0.15, 0.2) is 5.13 Å². The van der Waals surface area contributed by atoms with Crippen LogP contribution < -0.4 is 9.64 Å². The third kappa shape index (κ3) is 5.99. The molecule has 0 saturated heterocycles. The molecule has 31 heavy (non-hydrogen) atoms. The largest absolute Gasteiger partial charge is 0.494 e. The molecule has 1 heterocycles. The number of fused-ring (bicyclic) bond motifs is 1. The minimum absolute atomic E-state index is 0.00482. The number of carbonyl (C=O) groups is 1. The molecule has 0 bridgehead atoms. The van der Waals surface area contributed by atoms with Gasteiger partial charge in [-0.3, -0.25) is 9.69 Å². The molecule has 2 aromatic carbocycles. The Hall–Kier alpha value is -2.09. The fourth-order valence-electron chi connectivity index (χ4n) is 3.37. The zero-order chi connectivity index (χ0) is 22.2. The van der Waals surface area contributed by atoms with Crippen LogP contribution in [0.2, 0.25) is 0 Å². The molecule has 0 radical (unpaired) electrons. The van der Waals surface area contributed by atoms with Gasteiger partial charge >= 0.3 is 0 Å². The highest BCUT2D eigenvalue weighted by Gasteiger charge is 2.22. The number of aromatic nitrogens is 1. The Kier molecular flexibility index (Phi) is 8.75. The van der Waals surface area contributed by atoms with Gasteiger partial charge in [-0.15, -0.1) is 11.8 Å². The highest BCUT2D eigenvalue weighted by Crippen LogP contribution is 2.32. The standard InChI is InChI=1S/C24H31N3O2S2/c1-5-26(6-2)14-15-27(23(28)18-10-9-11-20(16-18)30-8-4)24-25-21-13-12-19(29-7-3)17-22(21)31-24/h9-13,16-17H,5-8,14-15H2,1-4H3. The van der Waals surface area contributed by atoms with E-state index in [2.05, 4.69) is 31.7 Å². The molecule has 1 amide bonds. The molecule has 0 atom stereocenters. The molecule has 0 saturated carbocycles. The van der Waals surface area contributed by atoms with Gasteiger partial charge in [-0.25, -0.2) is 4.98 Å². The summed E-state index contributed by atoms with van der Waals surface area (Å²) in [6.07, 6.45) is 0. The summed E-state index contributed by atoms with van der Waals surface area (Å²) in [5.41, 5.74) is 1.59. The number of hydrogen-bond acceptors (Lipinski definition) is 6. The lowest BCUT2D eigenvalue weighted by Crippen LogP contribution is -2.38. The quantitative estimate of drug-likeness (QED) is 0.341. The summed E-state index contributed by atoms with van der Waals surface area (Å²) in [7, 11) is 0. The number of nitrogens with zero attached hydrogens (tertiary/aromatic N) is 3. The maximum Gasteiger partial charge on any atom is 0.260 e. The van der Waals surface area contributed by atoms with Crippen molar-refractivity contribution in [1.29, 1.82) is 0 Å². The van der Waals surface area contributed by atoms with Gasteiger partial charge in [0.2, 0.25) is 0 Å². The summed E-state index contributed by atoms with van der Waals surface area (Å²) in [5.74, 6) is 1.80. The number of rotatable bonds is 11. The molecule has 0 unspecified atom stereocenters. The van der Waals surface area contributed by atoms with Crippen LogP contribution in [-0.2, 0) is 0 Å². The number of hydrogen-bond donors (Lipinski definition) is 0. The highest BCUT2D eigenvalue weighted by atomic mass is 32.2. The fraction of sp³-hybridized carbons (Fsp3) is 0.417. The fourth-order valence-corrected chi connectivity index (χ4v) is 5.11. The molecule has 0 aliphatic rings. The molecular weight excluding hydrogens is 426 g/mol. The van der Waals surface area contributed by atoms with E-state index in [1.807, 2.05) is 48.2 Å². The van der Waals surface area contributed by atoms with Crippen molar-refractivity contribution in [2.75, 3.05) is 43.4 Å². The van der Waals surface area contributed by atoms with E-state index in [4.69, 9.17) is 9.72 Å². The van der Waals surface area contributed by atoms with Crippen LogP contribution in [0, 0.1) is 0 Å². The second-order valence-corrected chi connectivity index (χ2v) is 9.35. The number of ether oxygens (including phenoxy) is 1. The van der Waals surface area contributed by atoms with E-state index in [9.17, 15) is 4.79 Å². The first-order valence-electron chi connectivity index (χ1n) is 10.9.